The second kappa shape index (κ2) is 15.7. The Labute approximate surface area is 305 Å². The number of ether oxygens (including phenoxy) is 1. The molecule has 0 spiro atoms. The maximum absolute atomic E-state index is 15.3. The van der Waals surface area contributed by atoms with Gasteiger partial charge in [-0.15, -0.1) is 0 Å². The number of halogens is 2. The van der Waals surface area contributed by atoms with Crippen molar-refractivity contribution in [2.24, 2.45) is 12.5 Å². The summed E-state index contributed by atoms with van der Waals surface area (Å²) in [6.07, 6.45) is -0.787. The van der Waals surface area contributed by atoms with Gasteiger partial charge in [0.05, 0.1) is 27.9 Å². The summed E-state index contributed by atoms with van der Waals surface area (Å²) in [5.41, 5.74) is -1.22. The number of ketones is 1. The van der Waals surface area contributed by atoms with Crippen molar-refractivity contribution in [3.63, 3.8) is 0 Å². The van der Waals surface area contributed by atoms with E-state index in [2.05, 4.69) is 5.32 Å². The summed E-state index contributed by atoms with van der Waals surface area (Å²) in [5, 5.41) is 2.37. The Morgan fingerprint density at radius 2 is 1.55 bits per heavy atom. The van der Waals surface area contributed by atoms with E-state index in [1.807, 2.05) is 4.72 Å². The van der Waals surface area contributed by atoms with Gasteiger partial charge in [-0.2, -0.15) is 0 Å². The van der Waals surface area contributed by atoms with Gasteiger partial charge in [-0.05, 0) is 69.2 Å². The number of esters is 1. The van der Waals surface area contributed by atoms with E-state index in [1.165, 1.54) is 47.0 Å². The molecule has 53 heavy (non-hydrogen) atoms. The van der Waals surface area contributed by atoms with E-state index >= 15 is 8.78 Å². The Morgan fingerprint density at radius 1 is 0.906 bits per heavy atom. The van der Waals surface area contributed by atoms with Gasteiger partial charge < -0.3 is 14.6 Å². The van der Waals surface area contributed by atoms with Crippen molar-refractivity contribution in [1.82, 2.24) is 14.5 Å². The van der Waals surface area contributed by atoms with Crippen LogP contribution in [0.1, 0.15) is 67.4 Å². The molecular formula is C38H42F2N4O8S. The van der Waals surface area contributed by atoms with Crippen LogP contribution in [-0.4, -0.2) is 47.4 Å². The molecule has 0 aliphatic carbocycles. The molecular weight excluding hydrogens is 711 g/mol. The molecule has 0 fully saturated rings. The molecule has 0 aliphatic heterocycles. The van der Waals surface area contributed by atoms with E-state index in [0.717, 1.165) is 4.57 Å². The molecule has 2 N–H and O–H groups in total. The van der Waals surface area contributed by atoms with Gasteiger partial charge in [0.1, 0.15) is 23.5 Å². The fourth-order valence-corrected chi connectivity index (χ4v) is 6.35. The van der Waals surface area contributed by atoms with Crippen LogP contribution < -0.4 is 21.3 Å². The number of benzene rings is 3. The maximum atomic E-state index is 15.3. The minimum atomic E-state index is -4.45. The monoisotopic (exact) mass is 752 g/mol. The number of carbonyl (C=O) groups is 3. The molecule has 0 aliphatic rings. The fourth-order valence-electron chi connectivity index (χ4n) is 5.22. The Balaban J connectivity index is 1.56. The highest BCUT2D eigenvalue weighted by Crippen LogP contribution is 2.25. The number of hydrogen-bond acceptors (Lipinski definition) is 8. The summed E-state index contributed by atoms with van der Waals surface area (Å²) in [6.45, 7) is 11.6. The van der Waals surface area contributed by atoms with Crippen LogP contribution in [-0.2, 0) is 44.2 Å². The number of aromatic nitrogens is 2. The van der Waals surface area contributed by atoms with E-state index in [9.17, 15) is 32.4 Å². The predicted octanol–water partition coefficient (Wildman–Crippen LogP) is 4.68. The normalized spacial score (nSPS) is 12.4. The molecule has 4 rings (SSSR count). The third-order valence-electron chi connectivity index (χ3n) is 8.58. The van der Waals surface area contributed by atoms with Crippen molar-refractivity contribution in [1.29, 1.82) is 0 Å². The topological polar surface area (TPSA) is 163 Å². The third-order valence-corrected chi connectivity index (χ3v) is 9.94. The number of anilines is 1. The SMILES string of the molecule is Cc1c(C)n(C)c(=O)n(-c2ccc(C[C@H](NC(=O)c3cc(F)c(NS(=O)(=O)c4cccc(CC(=O)C(C)(C)C)c4)cc3F)C(=O)OC(C)C)cc2)c1=O. The van der Waals surface area contributed by atoms with Crippen molar-refractivity contribution in [3.8, 4) is 5.69 Å². The largest absolute Gasteiger partial charge is 0.461 e. The van der Waals surface area contributed by atoms with Gasteiger partial charge in [-0.1, -0.05) is 45.0 Å². The van der Waals surface area contributed by atoms with Crippen LogP contribution in [0.15, 0.2) is 75.1 Å². The average Bonchev–Trinajstić information content (AvgIpc) is 3.07. The zero-order valence-electron chi connectivity index (χ0n) is 30.7. The van der Waals surface area contributed by atoms with Gasteiger partial charge in [0.25, 0.3) is 21.5 Å². The number of amides is 1. The molecule has 0 saturated heterocycles. The highest BCUT2D eigenvalue weighted by Gasteiger charge is 2.28. The number of Topliss-reactive ketones (excluding diaryl/α,β-unsaturated/α-hetero) is 1. The minimum Gasteiger partial charge on any atom is -0.461 e. The number of nitrogens with one attached hydrogen (secondary N) is 2. The lowest BCUT2D eigenvalue weighted by atomic mass is 9.87. The second-order valence-corrected chi connectivity index (χ2v) is 15.7. The molecule has 0 bridgehead atoms. The summed E-state index contributed by atoms with van der Waals surface area (Å²) in [4.78, 5) is 64.2. The fraction of sp³-hybridized carbons (Fsp3) is 0.342. The Bertz CT molecular complexity index is 2270. The van der Waals surface area contributed by atoms with Gasteiger partial charge in [0.2, 0.25) is 0 Å². The van der Waals surface area contributed by atoms with Crippen molar-refractivity contribution >= 4 is 33.4 Å². The Morgan fingerprint density at radius 3 is 2.15 bits per heavy atom. The standard InChI is InChI=1S/C38H42F2N4O8S/c1-21(2)52-36(48)32(17-24-12-14-26(15-13-24)44-35(47)22(3)23(4)43(8)37(44)49)41-34(46)28-19-30(40)31(20-29(28)39)42-53(50,51)27-11-9-10-25(16-27)18-33(45)38(5,6)7/h9-16,19-21,32,42H,17-18H2,1-8H3,(H,41,46)/t32-/m0/s1. The van der Waals surface area contributed by atoms with E-state index in [-0.39, 0.29) is 29.2 Å². The molecule has 0 saturated carbocycles. The zero-order chi connectivity index (χ0) is 39.6. The first kappa shape index (κ1) is 40.3. The zero-order valence-corrected chi connectivity index (χ0v) is 31.5. The maximum Gasteiger partial charge on any atom is 0.335 e. The lowest BCUT2D eigenvalue weighted by molar-refractivity contribution is -0.149. The van der Waals surface area contributed by atoms with Crippen molar-refractivity contribution in [2.45, 2.75) is 78.3 Å². The number of rotatable bonds is 12. The minimum absolute atomic E-state index is 0.0353. The average molecular weight is 753 g/mol. The number of hydrogen-bond donors (Lipinski definition) is 2. The van der Waals surface area contributed by atoms with Gasteiger partial charge in [-0.25, -0.2) is 31.4 Å². The number of nitrogens with zero attached hydrogens (tertiary/aromatic N) is 2. The first-order valence-corrected chi connectivity index (χ1v) is 18.1. The molecule has 1 aromatic heterocycles. The molecule has 0 unspecified atom stereocenters. The molecule has 3 aromatic carbocycles. The van der Waals surface area contributed by atoms with E-state index in [0.29, 0.717) is 34.5 Å². The molecule has 282 valence electrons. The van der Waals surface area contributed by atoms with E-state index < -0.39 is 73.6 Å². The summed E-state index contributed by atoms with van der Waals surface area (Å²) in [6, 6.07) is 11.2. The molecule has 4 aromatic rings. The summed E-state index contributed by atoms with van der Waals surface area (Å²) in [7, 11) is -2.91. The van der Waals surface area contributed by atoms with Crippen molar-refractivity contribution < 1.29 is 36.3 Å². The van der Waals surface area contributed by atoms with Crippen LogP contribution in [0.2, 0.25) is 0 Å². The highest BCUT2D eigenvalue weighted by atomic mass is 32.2. The van der Waals surface area contributed by atoms with Crippen LogP contribution in [0.3, 0.4) is 0 Å². The molecule has 0 radical (unpaired) electrons. The quantitative estimate of drug-likeness (QED) is 0.197. The molecule has 12 nitrogen and oxygen atoms in total. The predicted molar refractivity (Wildman–Crippen MR) is 195 cm³/mol. The smallest absolute Gasteiger partial charge is 0.335 e. The van der Waals surface area contributed by atoms with Crippen LogP contribution in [0.25, 0.3) is 5.69 Å². The third kappa shape index (κ3) is 9.33. The molecule has 15 heteroatoms. The first-order valence-electron chi connectivity index (χ1n) is 16.6. The van der Waals surface area contributed by atoms with Crippen LogP contribution in [0.4, 0.5) is 14.5 Å². The van der Waals surface area contributed by atoms with E-state index in [4.69, 9.17) is 4.74 Å². The van der Waals surface area contributed by atoms with Gasteiger partial charge >= 0.3 is 11.7 Å². The first-order chi connectivity index (χ1) is 24.6. The Kier molecular flexibility index (Phi) is 11.9. The Hall–Kier alpha value is -5.44. The molecule has 1 atom stereocenters. The van der Waals surface area contributed by atoms with Gasteiger partial charge in [-0.3, -0.25) is 19.1 Å². The highest BCUT2D eigenvalue weighted by molar-refractivity contribution is 7.92. The summed E-state index contributed by atoms with van der Waals surface area (Å²) < 4.78 is 66.5. The van der Waals surface area contributed by atoms with Crippen molar-refractivity contribution in [2.75, 3.05) is 4.72 Å². The van der Waals surface area contributed by atoms with Crippen LogP contribution in [0.5, 0.6) is 0 Å². The van der Waals surface area contributed by atoms with E-state index in [1.54, 1.807) is 61.6 Å². The number of sulfonamides is 1. The lowest BCUT2D eigenvalue weighted by Gasteiger charge is -2.20. The molecule has 1 heterocycles. The van der Waals surface area contributed by atoms with Crippen molar-refractivity contribution in [3.05, 3.63) is 121 Å². The van der Waals surface area contributed by atoms with Gasteiger partial charge in [0.15, 0.2) is 0 Å². The lowest BCUT2D eigenvalue weighted by Crippen LogP contribution is -2.44. The molecule has 1 amide bonds. The summed E-state index contributed by atoms with van der Waals surface area (Å²) in [5.74, 6) is -4.73. The number of carbonyl (C=O) groups excluding carboxylic acids is 3. The second-order valence-electron chi connectivity index (χ2n) is 14.0. The van der Waals surface area contributed by atoms with Gasteiger partial charge in [0, 0.05) is 42.6 Å². The summed E-state index contributed by atoms with van der Waals surface area (Å²) >= 11 is 0. The van der Waals surface area contributed by atoms with Crippen LogP contribution >= 0.6 is 0 Å². The van der Waals surface area contributed by atoms with Crippen LogP contribution in [0, 0.1) is 30.9 Å².